The molecular weight excluding hydrogens is 278 g/mol. The van der Waals surface area contributed by atoms with Gasteiger partial charge in [-0.15, -0.1) is 0 Å². The fourth-order valence-electron chi connectivity index (χ4n) is 4.75. The summed E-state index contributed by atoms with van der Waals surface area (Å²) in [5.41, 5.74) is 0.675. The van der Waals surface area contributed by atoms with Crippen LogP contribution in [0.1, 0.15) is 49.4 Å². The van der Waals surface area contributed by atoms with E-state index in [2.05, 4.69) is 10.4 Å². The fourth-order valence-corrected chi connectivity index (χ4v) is 4.75. The van der Waals surface area contributed by atoms with Crippen molar-refractivity contribution in [2.75, 3.05) is 6.61 Å². The third-order valence-electron chi connectivity index (χ3n) is 5.90. The number of amides is 1. The van der Waals surface area contributed by atoms with Gasteiger partial charge in [0.25, 0.3) is 5.91 Å². The number of fused-ring (bicyclic) bond motifs is 1. The Kier molecular flexibility index (Phi) is 3.68. The zero-order valence-corrected chi connectivity index (χ0v) is 13.2. The molecule has 1 aliphatic heterocycles. The molecule has 1 saturated heterocycles. The number of carbonyl (C=O) groups excluding carboxylic acids is 1. The van der Waals surface area contributed by atoms with Crippen molar-refractivity contribution in [1.29, 1.82) is 0 Å². The van der Waals surface area contributed by atoms with E-state index in [0.29, 0.717) is 29.5 Å². The Bertz CT molecular complexity index is 545. The summed E-state index contributed by atoms with van der Waals surface area (Å²) in [5.74, 6) is 1.82. The lowest BCUT2D eigenvalue weighted by Crippen LogP contribution is -2.63. The first-order valence-corrected chi connectivity index (χ1v) is 8.73. The van der Waals surface area contributed by atoms with Crippen LogP contribution < -0.4 is 5.32 Å². The molecule has 2 heterocycles. The van der Waals surface area contributed by atoms with Crippen molar-refractivity contribution in [1.82, 2.24) is 15.1 Å². The molecule has 2 saturated carbocycles. The number of nitrogens with one attached hydrogen (secondary N) is 1. The van der Waals surface area contributed by atoms with Crippen LogP contribution in [0.5, 0.6) is 0 Å². The predicted octanol–water partition coefficient (Wildman–Crippen LogP) is 2.23. The van der Waals surface area contributed by atoms with Gasteiger partial charge in [-0.1, -0.05) is 25.7 Å². The highest BCUT2D eigenvalue weighted by Gasteiger charge is 2.57. The molecular formula is C17H25N3O2. The van der Waals surface area contributed by atoms with Gasteiger partial charge >= 0.3 is 0 Å². The maximum Gasteiger partial charge on any atom is 0.254 e. The number of ether oxygens (including phenoxy) is 1. The van der Waals surface area contributed by atoms with Gasteiger partial charge in [0.2, 0.25) is 0 Å². The lowest BCUT2D eigenvalue weighted by Gasteiger charge is -2.50. The normalized spacial score (nSPS) is 34.4. The van der Waals surface area contributed by atoms with E-state index in [1.165, 1.54) is 25.7 Å². The molecule has 5 heteroatoms. The van der Waals surface area contributed by atoms with Crippen LogP contribution in [0.3, 0.4) is 0 Å². The largest absolute Gasteiger partial charge is 0.377 e. The number of carbonyl (C=O) groups is 1. The summed E-state index contributed by atoms with van der Waals surface area (Å²) >= 11 is 0. The third-order valence-corrected chi connectivity index (χ3v) is 5.90. The van der Waals surface area contributed by atoms with E-state index >= 15 is 0 Å². The van der Waals surface area contributed by atoms with Crippen LogP contribution in [0.15, 0.2) is 12.4 Å². The Morgan fingerprint density at radius 3 is 2.95 bits per heavy atom. The minimum absolute atomic E-state index is 0.0260. The van der Waals surface area contributed by atoms with Crippen LogP contribution in [0.25, 0.3) is 0 Å². The first-order chi connectivity index (χ1) is 10.8. The summed E-state index contributed by atoms with van der Waals surface area (Å²) in [6.07, 6.45) is 10.3. The van der Waals surface area contributed by atoms with Gasteiger partial charge in [0.05, 0.1) is 17.9 Å². The molecule has 1 amide bonds. The molecule has 1 aromatic rings. The Morgan fingerprint density at radius 1 is 1.41 bits per heavy atom. The number of hydrogen-bond acceptors (Lipinski definition) is 3. The molecule has 1 N–H and O–H groups in total. The van der Waals surface area contributed by atoms with E-state index in [0.717, 1.165) is 25.5 Å². The minimum atomic E-state index is 0.0260. The zero-order chi connectivity index (χ0) is 15.1. The van der Waals surface area contributed by atoms with E-state index < -0.39 is 0 Å². The minimum Gasteiger partial charge on any atom is -0.377 e. The van der Waals surface area contributed by atoms with Gasteiger partial charge in [-0.2, -0.15) is 5.10 Å². The van der Waals surface area contributed by atoms with Gasteiger partial charge in [0.1, 0.15) is 0 Å². The maximum atomic E-state index is 12.5. The molecule has 22 heavy (non-hydrogen) atoms. The highest BCUT2D eigenvalue weighted by atomic mass is 16.5. The van der Waals surface area contributed by atoms with Crippen LogP contribution in [-0.2, 0) is 11.3 Å². The van der Waals surface area contributed by atoms with Crippen LogP contribution >= 0.6 is 0 Å². The molecule has 3 fully saturated rings. The average molecular weight is 303 g/mol. The lowest BCUT2D eigenvalue weighted by atomic mass is 9.61. The molecule has 1 aromatic heterocycles. The quantitative estimate of drug-likeness (QED) is 0.928. The van der Waals surface area contributed by atoms with E-state index in [1.54, 1.807) is 10.9 Å². The van der Waals surface area contributed by atoms with Crippen molar-refractivity contribution >= 4 is 5.91 Å². The second kappa shape index (κ2) is 5.69. The summed E-state index contributed by atoms with van der Waals surface area (Å²) in [5, 5.41) is 7.50. The van der Waals surface area contributed by atoms with Crippen molar-refractivity contribution in [3.63, 3.8) is 0 Å². The van der Waals surface area contributed by atoms with Gasteiger partial charge in [-0.25, -0.2) is 0 Å². The number of aryl methyl sites for hydroxylation is 1. The van der Waals surface area contributed by atoms with Crippen molar-refractivity contribution in [2.45, 2.75) is 57.7 Å². The van der Waals surface area contributed by atoms with Gasteiger partial charge in [0.15, 0.2) is 0 Å². The van der Waals surface area contributed by atoms with Crippen molar-refractivity contribution in [3.05, 3.63) is 18.0 Å². The first-order valence-electron chi connectivity index (χ1n) is 8.73. The lowest BCUT2D eigenvalue weighted by molar-refractivity contribution is -0.0784. The highest BCUT2D eigenvalue weighted by molar-refractivity contribution is 5.94. The predicted molar refractivity (Wildman–Crippen MR) is 82.5 cm³/mol. The van der Waals surface area contributed by atoms with Gasteiger partial charge < -0.3 is 10.1 Å². The van der Waals surface area contributed by atoms with E-state index in [1.807, 2.05) is 13.1 Å². The molecule has 5 nitrogen and oxygen atoms in total. The van der Waals surface area contributed by atoms with E-state index in [4.69, 9.17) is 4.74 Å². The molecule has 0 aromatic carbocycles. The van der Waals surface area contributed by atoms with Crippen molar-refractivity contribution in [2.24, 2.45) is 17.8 Å². The van der Waals surface area contributed by atoms with Crippen LogP contribution in [0, 0.1) is 17.8 Å². The topological polar surface area (TPSA) is 56.2 Å². The fraction of sp³-hybridized carbons (Fsp3) is 0.765. The number of hydrogen-bond donors (Lipinski definition) is 1. The Balaban J connectivity index is 1.46. The second-order valence-electron chi connectivity index (χ2n) is 6.99. The average Bonchev–Trinajstić information content (AvgIpc) is 3.26. The smallest absolute Gasteiger partial charge is 0.254 e. The Labute approximate surface area is 131 Å². The molecule has 0 radical (unpaired) electrons. The monoisotopic (exact) mass is 303 g/mol. The number of nitrogens with zero attached hydrogens (tertiary/aromatic N) is 2. The summed E-state index contributed by atoms with van der Waals surface area (Å²) in [7, 11) is 0. The van der Waals surface area contributed by atoms with Crippen molar-refractivity contribution in [3.8, 4) is 0 Å². The molecule has 4 atom stereocenters. The highest BCUT2D eigenvalue weighted by Crippen LogP contribution is 2.51. The summed E-state index contributed by atoms with van der Waals surface area (Å²) in [6, 6.07) is 0.299. The third kappa shape index (κ3) is 2.26. The standard InChI is InChI=1S/C17H25N3O2/c1-2-20-10-12(9-18-20)17(21)19-15-13-7-8-22-16(13)14(15)11-5-3-4-6-11/h9-11,13-16H,2-8H2,1H3,(H,19,21)/t13-,14+,15+,16-/m1/s1. The van der Waals surface area contributed by atoms with Gasteiger partial charge in [-0.3, -0.25) is 9.48 Å². The summed E-state index contributed by atoms with van der Waals surface area (Å²) < 4.78 is 7.75. The molecule has 0 spiro atoms. The molecule has 120 valence electrons. The number of rotatable bonds is 4. The van der Waals surface area contributed by atoms with Crippen molar-refractivity contribution < 1.29 is 9.53 Å². The van der Waals surface area contributed by atoms with Crippen LogP contribution in [-0.4, -0.2) is 34.4 Å². The molecule has 3 aliphatic rings. The molecule has 2 aliphatic carbocycles. The molecule has 0 bridgehead atoms. The van der Waals surface area contributed by atoms with Crippen LogP contribution in [0.2, 0.25) is 0 Å². The molecule has 0 unspecified atom stereocenters. The van der Waals surface area contributed by atoms with E-state index in [-0.39, 0.29) is 5.91 Å². The SMILES string of the molecule is CCn1cc(C(=O)N[C@H]2[C@H]3CCO[C@H]3[C@H]2C2CCCC2)cn1. The Hall–Kier alpha value is -1.36. The Morgan fingerprint density at radius 2 is 2.23 bits per heavy atom. The first kappa shape index (κ1) is 14.2. The van der Waals surface area contributed by atoms with Crippen LogP contribution in [0.4, 0.5) is 0 Å². The summed E-state index contributed by atoms with van der Waals surface area (Å²) in [6.45, 7) is 3.68. The molecule has 4 rings (SSSR count). The zero-order valence-electron chi connectivity index (χ0n) is 13.2. The number of aromatic nitrogens is 2. The van der Waals surface area contributed by atoms with Gasteiger partial charge in [0, 0.05) is 37.2 Å². The van der Waals surface area contributed by atoms with E-state index in [9.17, 15) is 4.79 Å². The second-order valence-corrected chi connectivity index (χ2v) is 6.99. The maximum absolute atomic E-state index is 12.5. The van der Waals surface area contributed by atoms with Gasteiger partial charge in [-0.05, 0) is 19.3 Å². The summed E-state index contributed by atoms with van der Waals surface area (Å²) in [4.78, 5) is 12.5.